The largest absolute Gasteiger partial charge is 0.481 e. The third-order valence-electron chi connectivity index (χ3n) is 4.08. The van der Waals surface area contributed by atoms with Gasteiger partial charge in [-0.05, 0) is 24.5 Å². The molecule has 3 rings (SSSR count). The van der Waals surface area contributed by atoms with Crippen molar-refractivity contribution in [2.75, 3.05) is 18.4 Å². The number of hydrogen-bond acceptors (Lipinski definition) is 5. The van der Waals surface area contributed by atoms with Gasteiger partial charge in [0.15, 0.2) is 0 Å². The predicted octanol–water partition coefficient (Wildman–Crippen LogP) is 1.44. The second kappa shape index (κ2) is 7.92. The van der Waals surface area contributed by atoms with Gasteiger partial charge in [-0.2, -0.15) is 5.10 Å². The molecule has 7 nitrogen and oxygen atoms in total. The van der Waals surface area contributed by atoms with Crippen LogP contribution in [0.4, 0.5) is 5.82 Å². The van der Waals surface area contributed by atoms with E-state index in [0.29, 0.717) is 13.1 Å². The maximum absolute atomic E-state index is 10.5. The van der Waals surface area contributed by atoms with Crippen molar-refractivity contribution >= 4 is 11.8 Å². The molecular weight excluding hydrogens is 306 g/mol. The minimum Gasteiger partial charge on any atom is -0.481 e. The van der Waals surface area contributed by atoms with Crippen molar-refractivity contribution in [3.8, 4) is 0 Å². The fourth-order valence-corrected chi connectivity index (χ4v) is 2.79. The lowest BCUT2D eigenvalue weighted by Gasteiger charge is -2.17. The van der Waals surface area contributed by atoms with Gasteiger partial charge in [0.1, 0.15) is 5.82 Å². The van der Waals surface area contributed by atoms with Crippen molar-refractivity contribution in [3.63, 3.8) is 0 Å². The van der Waals surface area contributed by atoms with E-state index in [0.717, 1.165) is 43.0 Å². The molecule has 0 saturated heterocycles. The summed E-state index contributed by atoms with van der Waals surface area (Å²) in [7, 11) is 0. The number of fused-ring (bicyclic) bond motifs is 1. The number of carboxylic acids is 1. The Balaban J connectivity index is 1.47. The topological polar surface area (TPSA) is 92.1 Å². The second-order valence-corrected chi connectivity index (χ2v) is 6.02. The lowest BCUT2D eigenvalue weighted by atomic mass is 10.1. The van der Waals surface area contributed by atoms with Gasteiger partial charge in [0.2, 0.25) is 0 Å². The van der Waals surface area contributed by atoms with E-state index in [1.165, 1.54) is 12.0 Å². The van der Waals surface area contributed by atoms with Crippen LogP contribution in [-0.4, -0.2) is 38.9 Å². The van der Waals surface area contributed by atoms with Crippen molar-refractivity contribution in [1.29, 1.82) is 0 Å². The zero-order valence-electron chi connectivity index (χ0n) is 13.7. The third kappa shape index (κ3) is 4.55. The number of pyridine rings is 1. The first-order chi connectivity index (χ1) is 11.7. The highest BCUT2D eigenvalue weighted by Crippen LogP contribution is 2.19. The maximum Gasteiger partial charge on any atom is 0.304 e. The normalized spacial score (nSPS) is 13.3. The van der Waals surface area contributed by atoms with Crippen LogP contribution < -0.4 is 10.6 Å². The van der Waals surface area contributed by atoms with Crippen molar-refractivity contribution in [2.24, 2.45) is 0 Å². The molecule has 0 fully saturated rings. The minimum absolute atomic E-state index is 0.131. The molecule has 0 radical (unpaired) electrons. The monoisotopic (exact) mass is 329 g/mol. The number of rotatable bonds is 8. The summed E-state index contributed by atoms with van der Waals surface area (Å²) in [6.07, 6.45) is 7.05. The lowest BCUT2D eigenvalue weighted by molar-refractivity contribution is -0.136. The molecule has 0 saturated carbocycles. The van der Waals surface area contributed by atoms with E-state index in [4.69, 9.17) is 10.1 Å². The summed E-state index contributed by atoms with van der Waals surface area (Å²) < 4.78 is 1.91. The zero-order valence-corrected chi connectivity index (χ0v) is 13.7. The number of aryl methyl sites for hydroxylation is 3. The molecule has 0 spiro atoms. The lowest BCUT2D eigenvalue weighted by Crippen LogP contribution is -2.17. The van der Waals surface area contributed by atoms with E-state index in [-0.39, 0.29) is 6.42 Å². The summed E-state index contributed by atoms with van der Waals surface area (Å²) in [5, 5.41) is 19.4. The van der Waals surface area contributed by atoms with E-state index in [2.05, 4.69) is 27.9 Å². The Morgan fingerprint density at radius 2 is 2.33 bits per heavy atom. The highest BCUT2D eigenvalue weighted by molar-refractivity contribution is 5.66. The van der Waals surface area contributed by atoms with Crippen LogP contribution in [0.25, 0.3) is 0 Å². The van der Waals surface area contributed by atoms with E-state index in [1.807, 2.05) is 17.1 Å². The molecule has 0 amide bonds. The van der Waals surface area contributed by atoms with Crippen LogP contribution >= 0.6 is 0 Å². The molecule has 2 aromatic heterocycles. The van der Waals surface area contributed by atoms with Gasteiger partial charge in [-0.25, -0.2) is 4.98 Å². The Kier molecular flexibility index (Phi) is 5.43. The average Bonchev–Trinajstić information content (AvgIpc) is 3.04. The number of hydrogen-bond donors (Lipinski definition) is 3. The Bertz CT molecular complexity index is 698. The van der Waals surface area contributed by atoms with Gasteiger partial charge in [-0.1, -0.05) is 6.07 Å². The van der Waals surface area contributed by atoms with Gasteiger partial charge in [0, 0.05) is 50.1 Å². The fourth-order valence-electron chi connectivity index (χ4n) is 2.79. The van der Waals surface area contributed by atoms with Crippen molar-refractivity contribution in [1.82, 2.24) is 20.1 Å². The summed E-state index contributed by atoms with van der Waals surface area (Å²) in [5.74, 6) is 0.243. The molecule has 3 N–H and O–H groups in total. The van der Waals surface area contributed by atoms with Crippen LogP contribution in [0.2, 0.25) is 0 Å². The first-order valence-electron chi connectivity index (χ1n) is 8.37. The first kappa shape index (κ1) is 16.4. The molecule has 0 aliphatic carbocycles. The molecule has 0 atom stereocenters. The number of carboxylic acid groups (broad SMARTS) is 1. The summed E-state index contributed by atoms with van der Waals surface area (Å²) in [4.78, 5) is 15.1. The smallest absolute Gasteiger partial charge is 0.304 e. The Labute approximate surface area is 141 Å². The number of carbonyl (C=O) groups is 1. The van der Waals surface area contributed by atoms with E-state index >= 15 is 0 Å². The SMILES string of the molecule is O=C(O)CCNCc1cnn(CCc2ccc3c(n2)NCCC3)c1. The van der Waals surface area contributed by atoms with Crippen molar-refractivity contribution < 1.29 is 9.90 Å². The predicted molar refractivity (Wildman–Crippen MR) is 90.9 cm³/mol. The number of aliphatic carboxylic acids is 1. The van der Waals surface area contributed by atoms with Gasteiger partial charge < -0.3 is 15.7 Å². The molecule has 2 aromatic rings. The van der Waals surface area contributed by atoms with Gasteiger partial charge in [-0.3, -0.25) is 9.48 Å². The Morgan fingerprint density at radius 1 is 1.42 bits per heavy atom. The molecule has 7 heteroatoms. The highest BCUT2D eigenvalue weighted by atomic mass is 16.4. The van der Waals surface area contributed by atoms with Crippen LogP contribution in [-0.2, 0) is 30.7 Å². The Morgan fingerprint density at radius 3 is 3.21 bits per heavy atom. The number of nitrogens with one attached hydrogen (secondary N) is 2. The number of nitrogens with zero attached hydrogens (tertiary/aromatic N) is 3. The molecule has 0 unspecified atom stereocenters. The van der Waals surface area contributed by atoms with Gasteiger partial charge in [0.05, 0.1) is 12.6 Å². The fraction of sp³-hybridized carbons (Fsp3) is 0.471. The second-order valence-electron chi connectivity index (χ2n) is 6.02. The summed E-state index contributed by atoms with van der Waals surface area (Å²) in [5.41, 5.74) is 3.43. The number of aromatic nitrogens is 3. The summed E-state index contributed by atoms with van der Waals surface area (Å²) in [6, 6.07) is 4.27. The van der Waals surface area contributed by atoms with Crippen molar-refractivity contribution in [2.45, 2.75) is 38.8 Å². The van der Waals surface area contributed by atoms with Crippen LogP contribution in [0, 0.1) is 0 Å². The highest BCUT2D eigenvalue weighted by Gasteiger charge is 2.10. The van der Waals surface area contributed by atoms with Gasteiger partial charge in [0.25, 0.3) is 0 Å². The van der Waals surface area contributed by atoms with E-state index in [1.54, 1.807) is 0 Å². The molecule has 0 aromatic carbocycles. The molecule has 1 aliphatic rings. The van der Waals surface area contributed by atoms with Gasteiger partial charge in [-0.15, -0.1) is 0 Å². The quantitative estimate of drug-likeness (QED) is 0.635. The molecule has 3 heterocycles. The summed E-state index contributed by atoms with van der Waals surface area (Å²) >= 11 is 0. The minimum atomic E-state index is -0.787. The number of anilines is 1. The zero-order chi connectivity index (χ0) is 16.8. The Hall–Kier alpha value is -2.41. The van der Waals surface area contributed by atoms with E-state index < -0.39 is 5.97 Å². The van der Waals surface area contributed by atoms with Crippen LogP contribution in [0.5, 0.6) is 0 Å². The molecule has 1 aliphatic heterocycles. The van der Waals surface area contributed by atoms with E-state index in [9.17, 15) is 4.79 Å². The molecule has 128 valence electrons. The summed E-state index contributed by atoms with van der Waals surface area (Å²) in [6.45, 7) is 2.88. The maximum atomic E-state index is 10.5. The molecule has 24 heavy (non-hydrogen) atoms. The first-order valence-corrected chi connectivity index (χ1v) is 8.37. The van der Waals surface area contributed by atoms with Gasteiger partial charge >= 0.3 is 5.97 Å². The van der Waals surface area contributed by atoms with Crippen LogP contribution in [0.1, 0.15) is 29.7 Å². The van der Waals surface area contributed by atoms with Crippen LogP contribution in [0.15, 0.2) is 24.5 Å². The van der Waals surface area contributed by atoms with Crippen LogP contribution in [0.3, 0.4) is 0 Å². The standard InChI is InChI=1S/C17H23N5O2/c23-16(24)5-8-18-10-13-11-20-22(12-13)9-6-15-4-3-14-2-1-7-19-17(14)21-15/h3-4,11-12,18H,1-2,5-10H2,(H,19,21)(H,23,24). The molecular formula is C17H23N5O2. The third-order valence-corrected chi connectivity index (χ3v) is 4.08. The molecule has 0 bridgehead atoms. The average molecular weight is 329 g/mol. The van der Waals surface area contributed by atoms with Crippen molar-refractivity contribution in [3.05, 3.63) is 41.3 Å².